The molecule has 2 rings (SSSR count). The van der Waals surface area contributed by atoms with E-state index in [-0.39, 0.29) is 0 Å². The van der Waals surface area contributed by atoms with E-state index < -0.39 is 0 Å². The van der Waals surface area contributed by atoms with Gasteiger partial charge in [-0.1, -0.05) is 23.2 Å². The molecule has 0 fully saturated rings. The summed E-state index contributed by atoms with van der Waals surface area (Å²) in [4.78, 5) is 18.3. The molecule has 3 nitrogen and oxygen atoms in total. The summed E-state index contributed by atoms with van der Waals surface area (Å²) in [5.74, 6) is 0. The van der Waals surface area contributed by atoms with Crippen LogP contribution in [0.5, 0.6) is 0 Å². The monoisotopic (exact) mass is 326 g/mol. The third kappa shape index (κ3) is 3.20. The number of hydrogen-bond donors (Lipinski definition) is 0. The van der Waals surface area contributed by atoms with Crippen LogP contribution in [0.1, 0.15) is 10.4 Å². The number of carbonyl (C=O) groups excluding carboxylic acids is 1. The van der Waals surface area contributed by atoms with Crippen molar-refractivity contribution >= 4 is 52.1 Å². The molecule has 0 saturated heterocycles. The van der Waals surface area contributed by atoms with Gasteiger partial charge in [-0.3, -0.25) is 4.79 Å². The fourth-order valence-corrected chi connectivity index (χ4v) is 3.22. The smallest absolute Gasteiger partial charge is 0.152 e. The SMILES string of the molecule is CN(C)C(=C(C=O)c1ccnc(Cl)c1)c1ccc(Cl)s1. The molecule has 0 N–H and O–H groups in total. The first-order chi connectivity index (χ1) is 9.52. The quantitative estimate of drug-likeness (QED) is 0.482. The van der Waals surface area contributed by atoms with E-state index in [1.807, 2.05) is 31.1 Å². The molecule has 2 aromatic heterocycles. The van der Waals surface area contributed by atoms with Crippen LogP contribution in [0.2, 0.25) is 9.49 Å². The Hall–Kier alpha value is -1.36. The number of pyridine rings is 1. The average Bonchev–Trinajstić information content (AvgIpc) is 2.81. The molecule has 0 radical (unpaired) electrons. The molecule has 0 atom stereocenters. The van der Waals surface area contributed by atoms with Crippen LogP contribution >= 0.6 is 34.5 Å². The zero-order valence-electron chi connectivity index (χ0n) is 10.9. The minimum Gasteiger partial charge on any atom is -0.376 e. The number of nitrogens with zero attached hydrogens (tertiary/aromatic N) is 2. The van der Waals surface area contributed by atoms with Crippen LogP contribution in [0.25, 0.3) is 11.3 Å². The Morgan fingerprint density at radius 2 is 2.05 bits per heavy atom. The summed E-state index contributed by atoms with van der Waals surface area (Å²) in [6.45, 7) is 0. The first-order valence-electron chi connectivity index (χ1n) is 5.77. The summed E-state index contributed by atoms with van der Waals surface area (Å²) in [6.07, 6.45) is 2.41. The van der Waals surface area contributed by atoms with Crippen LogP contribution in [-0.4, -0.2) is 30.3 Å². The lowest BCUT2D eigenvalue weighted by Gasteiger charge is -2.19. The minimum absolute atomic E-state index is 0.351. The first kappa shape index (κ1) is 15.0. The molecular weight excluding hydrogens is 315 g/mol. The van der Waals surface area contributed by atoms with Crippen molar-refractivity contribution in [3.05, 3.63) is 50.4 Å². The molecule has 6 heteroatoms. The second-order valence-electron chi connectivity index (χ2n) is 4.25. The lowest BCUT2D eigenvalue weighted by molar-refractivity contribution is -0.103. The van der Waals surface area contributed by atoms with Crippen molar-refractivity contribution in [1.29, 1.82) is 0 Å². The van der Waals surface area contributed by atoms with E-state index in [4.69, 9.17) is 23.2 Å². The van der Waals surface area contributed by atoms with Crippen molar-refractivity contribution < 1.29 is 4.79 Å². The van der Waals surface area contributed by atoms with Gasteiger partial charge in [0.25, 0.3) is 0 Å². The molecule has 0 unspecified atom stereocenters. The van der Waals surface area contributed by atoms with Gasteiger partial charge in [-0.05, 0) is 29.8 Å². The number of thiophene rings is 1. The number of aromatic nitrogens is 1. The van der Waals surface area contributed by atoms with Crippen LogP contribution in [-0.2, 0) is 4.79 Å². The molecule has 0 saturated carbocycles. The van der Waals surface area contributed by atoms with Gasteiger partial charge >= 0.3 is 0 Å². The second-order valence-corrected chi connectivity index (χ2v) is 6.35. The summed E-state index contributed by atoms with van der Waals surface area (Å²) >= 11 is 13.3. The van der Waals surface area contributed by atoms with Gasteiger partial charge in [0.05, 0.1) is 14.9 Å². The van der Waals surface area contributed by atoms with Gasteiger partial charge in [0.15, 0.2) is 6.29 Å². The predicted molar refractivity (Wildman–Crippen MR) is 85.1 cm³/mol. The number of rotatable bonds is 4. The Balaban J connectivity index is 2.65. The zero-order valence-corrected chi connectivity index (χ0v) is 13.3. The molecule has 0 spiro atoms. The third-order valence-electron chi connectivity index (χ3n) is 2.66. The van der Waals surface area contributed by atoms with E-state index in [0.29, 0.717) is 15.1 Å². The van der Waals surface area contributed by atoms with Crippen molar-refractivity contribution in [2.45, 2.75) is 0 Å². The number of hydrogen-bond acceptors (Lipinski definition) is 4. The van der Waals surface area contributed by atoms with Crippen molar-refractivity contribution in [3.63, 3.8) is 0 Å². The molecule has 0 aliphatic rings. The van der Waals surface area contributed by atoms with Crippen molar-refractivity contribution in [1.82, 2.24) is 9.88 Å². The highest BCUT2D eigenvalue weighted by molar-refractivity contribution is 7.17. The van der Waals surface area contributed by atoms with Crippen molar-refractivity contribution in [2.75, 3.05) is 14.1 Å². The van der Waals surface area contributed by atoms with Gasteiger partial charge in [-0.2, -0.15) is 0 Å². The fourth-order valence-electron chi connectivity index (χ4n) is 1.87. The topological polar surface area (TPSA) is 33.2 Å². The Labute approximate surface area is 131 Å². The summed E-state index contributed by atoms with van der Waals surface area (Å²) < 4.78 is 0.678. The number of halogens is 2. The largest absolute Gasteiger partial charge is 0.376 e. The van der Waals surface area contributed by atoms with Crippen molar-refractivity contribution in [2.24, 2.45) is 0 Å². The van der Waals surface area contributed by atoms with Crippen molar-refractivity contribution in [3.8, 4) is 0 Å². The highest BCUT2D eigenvalue weighted by atomic mass is 35.5. The molecule has 0 bridgehead atoms. The van der Waals surface area contributed by atoms with Gasteiger partial charge in [-0.25, -0.2) is 4.98 Å². The van der Waals surface area contributed by atoms with E-state index >= 15 is 0 Å². The molecule has 104 valence electrons. The van der Waals surface area contributed by atoms with Crippen LogP contribution in [0.15, 0.2) is 30.5 Å². The summed E-state index contributed by atoms with van der Waals surface area (Å²) in [7, 11) is 3.77. The number of aldehydes is 1. The van der Waals surface area contributed by atoms with Crippen LogP contribution in [0.3, 0.4) is 0 Å². The van der Waals surface area contributed by atoms with E-state index in [9.17, 15) is 4.79 Å². The maximum atomic E-state index is 11.6. The normalized spacial score (nSPS) is 12.0. The lowest BCUT2D eigenvalue weighted by Crippen LogP contribution is -2.12. The molecular formula is C14H12Cl2N2OS. The third-order valence-corrected chi connectivity index (χ3v) is 4.11. The van der Waals surface area contributed by atoms with E-state index in [1.165, 1.54) is 11.3 Å². The second kappa shape index (κ2) is 6.39. The van der Waals surface area contributed by atoms with Crippen LogP contribution < -0.4 is 0 Å². The minimum atomic E-state index is 0.351. The molecule has 0 aliphatic heterocycles. The van der Waals surface area contributed by atoms with Gasteiger partial charge < -0.3 is 4.90 Å². The highest BCUT2D eigenvalue weighted by Crippen LogP contribution is 2.33. The fraction of sp³-hybridized carbons (Fsp3) is 0.143. The molecule has 0 amide bonds. The Morgan fingerprint density at radius 1 is 1.30 bits per heavy atom. The summed E-state index contributed by atoms with van der Waals surface area (Å²) in [6, 6.07) is 7.14. The molecule has 20 heavy (non-hydrogen) atoms. The number of carbonyl (C=O) groups is 1. The summed E-state index contributed by atoms with van der Waals surface area (Å²) in [5.41, 5.74) is 2.09. The number of allylic oxidation sites excluding steroid dienone is 1. The highest BCUT2D eigenvalue weighted by Gasteiger charge is 2.15. The summed E-state index contributed by atoms with van der Waals surface area (Å²) in [5, 5.41) is 0.351. The van der Waals surface area contributed by atoms with Gasteiger partial charge in [0, 0.05) is 25.9 Å². The van der Waals surface area contributed by atoms with Gasteiger partial charge in [-0.15, -0.1) is 11.3 Å². The van der Waals surface area contributed by atoms with Gasteiger partial charge in [0.1, 0.15) is 5.15 Å². The average molecular weight is 327 g/mol. The van der Waals surface area contributed by atoms with Gasteiger partial charge in [0.2, 0.25) is 0 Å². The zero-order chi connectivity index (χ0) is 14.7. The molecule has 2 aromatic rings. The Morgan fingerprint density at radius 3 is 2.55 bits per heavy atom. The Kier molecular flexibility index (Phi) is 4.81. The maximum Gasteiger partial charge on any atom is 0.152 e. The standard InChI is InChI=1S/C14H12Cl2N2OS/c1-18(2)14(11-3-4-13(16)20-11)10(8-19)9-5-6-17-12(15)7-9/h3-8H,1-2H3. The first-order valence-corrected chi connectivity index (χ1v) is 7.34. The van der Waals surface area contributed by atoms with E-state index in [1.54, 1.807) is 18.3 Å². The predicted octanol–water partition coefficient (Wildman–Crippen LogP) is 4.08. The maximum absolute atomic E-state index is 11.6. The molecule has 2 heterocycles. The molecule has 0 aromatic carbocycles. The lowest BCUT2D eigenvalue weighted by atomic mass is 10.0. The van der Waals surface area contributed by atoms with E-state index in [2.05, 4.69) is 4.98 Å². The van der Waals surface area contributed by atoms with Crippen LogP contribution in [0, 0.1) is 0 Å². The van der Waals surface area contributed by atoms with Crippen LogP contribution in [0.4, 0.5) is 0 Å². The van der Waals surface area contributed by atoms with E-state index in [0.717, 1.165) is 22.4 Å². The molecule has 0 aliphatic carbocycles. The Bertz CT molecular complexity index is 665.